The number of halogens is 2. The molecule has 1 rings (SSSR count). The summed E-state index contributed by atoms with van der Waals surface area (Å²) >= 11 is 17.3. The monoisotopic (exact) mass is 332 g/mol. The van der Waals surface area contributed by atoms with Crippen molar-refractivity contribution < 1.29 is 0 Å². The zero-order valence-electron chi connectivity index (χ0n) is 12.0. The minimum Gasteiger partial charge on any atom is -0.362 e. The van der Waals surface area contributed by atoms with Crippen LogP contribution in [-0.4, -0.2) is 11.7 Å². The highest BCUT2D eigenvalue weighted by Gasteiger charge is 2.08. The number of benzene rings is 1. The minimum absolute atomic E-state index is 0.569. The van der Waals surface area contributed by atoms with Crippen molar-refractivity contribution in [3.05, 3.63) is 28.2 Å². The van der Waals surface area contributed by atoms with E-state index in [2.05, 4.69) is 24.5 Å². The maximum absolute atomic E-state index is 6.10. The molecule has 0 saturated carbocycles. The van der Waals surface area contributed by atoms with E-state index < -0.39 is 0 Å². The fourth-order valence-corrected chi connectivity index (χ4v) is 2.59. The van der Waals surface area contributed by atoms with Gasteiger partial charge in [-0.15, -0.1) is 0 Å². The van der Waals surface area contributed by atoms with E-state index in [0.717, 1.165) is 18.7 Å². The molecular formula is C15H22Cl2N2S. The summed E-state index contributed by atoms with van der Waals surface area (Å²) in [4.78, 5) is 0. The first kappa shape index (κ1) is 17.5. The van der Waals surface area contributed by atoms with Crippen molar-refractivity contribution in [1.82, 2.24) is 5.32 Å². The summed E-state index contributed by atoms with van der Waals surface area (Å²) in [7, 11) is 0. The van der Waals surface area contributed by atoms with Crippen LogP contribution in [0.5, 0.6) is 0 Å². The lowest BCUT2D eigenvalue weighted by molar-refractivity contribution is 0.446. The van der Waals surface area contributed by atoms with Gasteiger partial charge < -0.3 is 10.6 Å². The fourth-order valence-electron chi connectivity index (χ4n) is 1.94. The van der Waals surface area contributed by atoms with Crippen LogP contribution in [0.2, 0.25) is 10.0 Å². The summed E-state index contributed by atoms with van der Waals surface area (Å²) in [5, 5.41) is 8.15. The molecule has 0 bridgehead atoms. The van der Waals surface area contributed by atoms with E-state index in [1.165, 1.54) is 19.3 Å². The third kappa shape index (κ3) is 6.29. The van der Waals surface area contributed by atoms with Gasteiger partial charge in [0, 0.05) is 11.6 Å². The maximum Gasteiger partial charge on any atom is 0.170 e. The van der Waals surface area contributed by atoms with E-state index in [1.807, 2.05) is 6.07 Å². The molecule has 0 aliphatic heterocycles. The lowest BCUT2D eigenvalue weighted by Gasteiger charge is -2.17. The molecular weight excluding hydrogens is 311 g/mol. The van der Waals surface area contributed by atoms with Gasteiger partial charge in [0.1, 0.15) is 0 Å². The van der Waals surface area contributed by atoms with Crippen LogP contribution in [0.1, 0.15) is 39.5 Å². The highest BCUT2D eigenvalue weighted by Crippen LogP contribution is 2.25. The van der Waals surface area contributed by atoms with Gasteiger partial charge in [0.05, 0.1) is 10.7 Å². The second kappa shape index (κ2) is 9.43. The molecule has 0 fully saturated rings. The molecule has 20 heavy (non-hydrogen) atoms. The quantitative estimate of drug-likeness (QED) is 0.645. The minimum atomic E-state index is 0.569. The van der Waals surface area contributed by atoms with Gasteiger partial charge in [-0.2, -0.15) is 0 Å². The van der Waals surface area contributed by atoms with Crippen molar-refractivity contribution in [3.8, 4) is 0 Å². The van der Waals surface area contributed by atoms with Crippen LogP contribution in [0, 0.1) is 5.92 Å². The zero-order valence-corrected chi connectivity index (χ0v) is 14.3. The summed E-state index contributed by atoms with van der Waals surface area (Å²) in [5.74, 6) is 0.662. The summed E-state index contributed by atoms with van der Waals surface area (Å²) in [6.07, 6.45) is 4.91. The Labute approximate surface area is 137 Å². The molecule has 2 nitrogen and oxygen atoms in total. The number of anilines is 1. The molecule has 1 unspecified atom stereocenters. The fraction of sp³-hybridized carbons (Fsp3) is 0.533. The highest BCUT2D eigenvalue weighted by molar-refractivity contribution is 7.80. The predicted molar refractivity (Wildman–Crippen MR) is 94.0 cm³/mol. The standard InChI is InChI=1S/C15H22Cl2N2S/c1-3-5-6-11(4-2)10-18-15(20)19-14-8-7-12(16)9-13(14)17/h7-9,11H,3-6,10H2,1-2H3,(H2,18,19,20). The first-order valence-corrected chi connectivity index (χ1v) is 8.23. The summed E-state index contributed by atoms with van der Waals surface area (Å²) in [6.45, 7) is 5.33. The molecule has 0 aliphatic rings. The smallest absolute Gasteiger partial charge is 0.170 e. The summed E-state index contributed by atoms with van der Waals surface area (Å²) in [6, 6.07) is 5.31. The zero-order chi connectivity index (χ0) is 15.0. The maximum atomic E-state index is 6.10. The van der Waals surface area contributed by atoms with Gasteiger partial charge in [-0.1, -0.05) is 56.3 Å². The average molecular weight is 333 g/mol. The van der Waals surface area contributed by atoms with E-state index in [9.17, 15) is 0 Å². The Morgan fingerprint density at radius 1 is 1.30 bits per heavy atom. The number of rotatable bonds is 7. The number of hydrogen-bond donors (Lipinski definition) is 2. The topological polar surface area (TPSA) is 24.1 Å². The molecule has 0 radical (unpaired) electrons. The molecule has 1 aromatic carbocycles. The van der Waals surface area contributed by atoms with Crippen LogP contribution in [-0.2, 0) is 0 Å². The number of nitrogens with one attached hydrogen (secondary N) is 2. The van der Waals surface area contributed by atoms with Crippen LogP contribution >= 0.6 is 35.4 Å². The van der Waals surface area contributed by atoms with E-state index in [4.69, 9.17) is 35.4 Å². The Kier molecular flexibility index (Phi) is 8.27. The van der Waals surface area contributed by atoms with Crippen molar-refractivity contribution in [1.29, 1.82) is 0 Å². The molecule has 0 spiro atoms. The summed E-state index contributed by atoms with van der Waals surface area (Å²) in [5.41, 5.74) is 0.773. The molecule has 0 saturated heterocycles. The number of unbranched alkanes of at least 4 members (excludes halogenated alkanes) is 1. The van der Waals surface area contributed by atoms with Gasteiger partial charge in [0.15, 0.2) is 5.11 Å². The first-order valence-electron chi connectivity index (χ1n) is 7.06. The first-order chi connectivity index (χ1) is 9.56. The van der Waals surface area contributed by atoms with Gasteiger partial charge in [0.2, 0.25) is 0 Å². The molecule has 2 N–H and O–H groups in total. The molecule has 0 aliphatic carbocycles. The molecule has 1 aromatic rings. The Balaban J connectivity index is 2.43. The summed E-state index contributed by atoms with van der Waals surface area (Å²) < 4.78 is 0. The highest BCUT2D eigenvalue weighted by atomic mass is 35.5. The normalized spacial score (nSPS) is 12.0. The third-order valence-electron chi connectivity index (χ3n) is 3.27. The largest absolute Gasteiger partial charge is 0.362 e. The van der Waals surface area contributed by atoms with Crippen LogP contribution in [0.25, 0.3) is 0 Å². The van der Waals surface area contributed by atoms with E-state index in [1.54, 1.807) is 12.1 Å². The van der Waals surface area contributed by atoms with Crippen molar-refractivity contribution in [2.75, 3.05) is 11.9 Å². The van der Waals surface area contributed by atoms with Crippen LogP contribution < -0.4 is 10.6 Å². The Morgan fingerprint density at radius 2 is 2.05 bits per heavy atom. The van der Waals surface area contributed by atoms with Gasteiger partial charge in [0.25, 0.3) is 0 Å². The van der Waals surface area contributed by atoms with E-state index >= 15 is 0 Å². The van der Waals surface area contributed by atoms with Crippen LogP contribution in [0.3, 0.4) is 0 Å². The third-order valence-corrected chi connectivity index (χ3v) is 4.07. The lowest BCUT2D eigenvalue weighted by Crippen LogP contribution is -2.32. The average Bonchev–Trinajstić information content (AvgIpc) is 2.42. The lowest BCUT2D eigenvalue weighted by atomic mass is 9.99. The van der Waals surface area contributed by atoms with E-state index in [-0.39, 0.29) is 0 Å². The molecule has 0 amide bonds. The molecule has 112 valence electrons. The molecule has 1 atom stereocenters. The van der Waals surface area contributed by atoms with E-state index in [0.29, 0.717) is 21.1 Å². The van der Waals surface area contributed by atoms with Crippen molar-refractivity contribution in [3.63, 3.8) is 0 Å². The van der Waals surface area contributed by atoms with Gasteiger partial charge in [-0.05, 0) is 42.8 Å². The predicted octanol–water partition coefficient (Wildman–Crippen LogP) is 5.50. The second-order valence-electron chi connectivity index (χ2n) is 4.88. The SMILES string of the molecule is CCCCC(CC)CNC(=S)Nc1ccc(Cl)cc1Cl. The van der Waals surface area contributed by atoms with Gasteiger partial charge in [-0.3, -0.25) is 0 Å². The Morgan fingerprint density at radius 3 is 2.65 bits per heavy atom. The number of thiocarbonyl (C=S) groups is 1. The van der Waals surface area contributed by atoms with Gasteiger partial charge in [-0.25, -0.2) is 0 Å². The van der Waals surface area contributed by atoms with Crippen molar-refractivity contribution >= 4 is 46.2 Å². The van der Waals surface area contributed by atoms with Gasteiger partial charge >= 0.3 is 0 Å². The van der Waals surface area contributed by atoms with Crippen LogP contribution in [0.15, 0.2) is 18.2 Å². The molecule has 0 heterocycles. The molecule has 0 aromatic heterocycles. The Bertz CT molecular complexity index is 438. The second-order valence-corrected chi connectivity index (χ2v) is 6.13. The Hall–Kier alpha value is -0.510. The molecule has 5 heteroatoms. The van der Waals surface area contributed by atoms with Crippen LogP contribution in [0.4, 0.5) is 5.69 Å². The number of hydrogen-bond acceptors (Lipinski definition) is 1. The van der Waals surface area contributed by atoms with Crippen molar-refractivity contribution in [2.45, 2.75) is 39.5 Å². The van der Waals surface area contributed by atoms with Crippen molar-refractivity contribution in [2.24, 2.45) is 5.92 Å².